The molecule has 2 aromatic heterocycles. The summed E-state index contributed by atoms with van der Waals surface area (Å²) in [6.45, 7) is 4.12. The fraction of sp³-hybridized carbons (Fsp3) is 0.263. The number of fused-ring (bicyclic) bond motifs is 1. The molecular weight excluding hydrogens is 298 g/mol. The van der Waals surface area contributed by atoms with Crippen LogP contribution in [-0.2, 0) is 0 Å². The topological polar surface area (TPSA) is 75.9 Å². The summed E-state index contributed by atoms with van der Waals surface area (Å²) in [5.41, 5.74) is 9.37. The number of nitrogen functional groups attached to an aromatic ring is 1. The van der Waals surface area contributed by atoms with Crippen LogP contribution in [0.5, 0.6) is 0 Å². The predicted molar refractivity (Wildman–Crippen MR) is 99.0 cm³/mol. The SMILES string of the molecule is Cc1ccccc1-c1cc2cc(N[C@@H]3CCNC3)ncc2c(N)n1. The molecule has 0 bridgehead atoms. The Labute approximate surface area is 141 Å². The maximum absolute atomic E-state index is 6.18. The van der Waals surface area contributed by atoms with E-state index in [-0.39, 0.29) is 0 Å². The van der Waals surface area contributed by atoms with E-state index in [1.54, 1.807) is 0 Å². The predicted octanol–water partition coefficient (Wildman–Crippen LogP) is 2.96. The number of aryl methyl sites for hydroxylation is 1. The van der Waals surface area contributed by atoms with Crippen LogP contribution in [0.25, 0.3) is 22.0 Å². The number of aromatic nitrogens is 2. The molecule has 4 N–H and O–H groups in total. The van der Waals surface area contributed by atoms with Gasteiger partial charge in [0.2, 0.25) is 0 Å². The van der Waals surface area contributed by atoms with E-state index in [4.69, 9.17) is 5.73 Å². The fourth-order valence-corrected chi connectivity index (χ4v) is 3.24. The van der Waals surface area contributed by atoms with Gasteiger partial charge in [-0.1, -0.05) is 24.3 Å². The number of nitrogens with one attached hydrogen (secondary N) is 2. The van der Waals surface area contributed by atoms with Crippen molar-refractivity contribution in [2.24, 2.45) is 0 Å². The lowest BCUT2D eigenvalue weighted by molar-refractivity contribution is 0.788. The van der Waals surface area contributed by atoms with Gasteiger partial charge in [0, 0.05) is 29.7 Å². The Morgan fingerprint density at radius 3 is 2.92 bits per heavy atom. The average molecular weight is 319 g/mol. The van der Waals surface area contributed by atoms with Crippen LogP contribution in [-0.4, -0.2) is 29.1 Å². The lowest BCUT2D eigenvalue weighted by Gasteiger charge is -2.13. The minimum absolute atomic E-state index is 0.435. The van der Waals surface area contributed by atoms with Crippen LogP contribution in [0.2, 0.25) is 0 Å². The highest BCUT2D eigenvalue weighted by Gasteiger charge is 2.15. The molecule has 0 spiro atoms. The second kappa shape index (κ2) is 6.09. The third-order valence-corrected chi connectivity index (χ3v) is 4.58. The number of nitrogens with two attached hydrogens (primary N) is 1. The van der Waals surface area contributed by atoms with Gasteiger partial charge in [0.1, 0.15) is 11.6 Å². The fourth-order valence-electron chi connectivity index (χ4n) is 3.24. The summed E-state index contributed by atoms with van der Waals surface area (Å²) in [6.07, 6.45) is 2.93. The third-order valence-electron chi connectivity index (χ3n) is 4.58. The van der Waals surface area contributed by atoms with E-state index in [1.807, 2.05) is 18.3 Å². The summed E-state index contributed by atoms with van der Waals surface area (Å²) < 4.78 is 0. The van der Waals surface area contributed by atoms with Gasteiger partial charge < -0.3 is 16.4 Å². The molecule has 1 aliphatic heterocycles. The van der Waals surface area contributed by atoms with Gasteiger partial charge in [-0.3, -0.25) is 0 Å². The molecule has 0 aliphatic carbocycles. The largest absolute Gasteiger partial charge is 0.383 e. The second-order valence-electron chi connectivity index (χ2n) is 6.33. The van der Waals surface area contributed by atoms with Crippen LogP contribution in [0, 0.1) is 6.92 Å². The van der Waals surface area contributed by atoms with Crippen molar-refractivity contribution in [3.8, 4) is 11.3 Å². The van der Waals surface area contributed by atoms with E-state index in [0.29, 0.717) is 11.9 Å². The minimum atomic E-state index is 0.435. The van der Waals surface area contributed by atoms with Crippen molar-refractivity contribution in [2.75, 3.05) is 24.1 Å². The molecule has 3 aromatic rings. The highest BCUT2D eigenvalue weighted by Crippen LogP contribution is 2.29. The summed E-state index contributed by atoms with van der Waals surface area (Å²) in [5.74, 6) is 1.41. The van der Waals surface area contributed by atoms with Crippen LogP contribution >= 0.6 is 0 Å². The molecule has 24 heavy (non-hydrogen) atoms. The number of benzene rings is 1. The van der Waals surface area contributed by atoms with E-state index in [0.717, 1.165) is 47.4 Å². The molecular formula is C19H21N5. The van der Waals surface area contributed by atoms with Gasteiger partial charge in [-0.15, -0.1) is 0 Å². The van der Waals surface area contributed by atoms with Crippen molar-refractivity contribution in [3.63, 3.8) is 0 Å². The maximum Gasteiger partial charge on any atom is 0.133 e. The van der Waals surface area contributed by atoms with Gasteiger partial charge in [-0.2, -0.15) is 0 Å². The highest BCUT2D eigenvalue weighted by molar-refractivity contribution is 5.94. The Hall–Kier alpha value is -2.66. The van der Waals surface area contributed by atoms with Crippen molar-refractivity contribution in [2.45, 2.75) is 19.4 Å². The van der Waals surface area contributed by atoms with Crippen molar-refractivity contribution in [3.05, 3.63) is 48.2 Å². The highest BCUT2D eigenvalue weighted by atomic mass is 15.1. The number of hydrogen-bond acceptors (Lipinski definition) is 5. The molecule has 5 nitrogen and oxygen atoms in total. The first-order valence-corrected chi connectivity index (χ1v) is 8.30. The molecule has 1 atom stereocenters. The van der Waals surface area contributed by atoms with Crippen molar-refractivity contribution >= 4 is 22.4 Å². The van der Waals surface area contributed by atoms with Crippen LogP contribution in [0.1, 0.15) is 12.0 Å². The van der Waals surface area contributed by atoms with Gasteiger partial charge in [0.05, 0.1) is 5.69 Å². The van der Waals surface area contributed by atoms with E-state index < -0.39 is 0 Å². The van der Waals surface area contributed by atoms with Gasteiger partial charge in [-0.25, -0.2) is 9.97 Å². The molecule has 0 amide bonds. The van der Waals surface area contributed by atoms with Gasteiger partial charge >= 0.3 is 0 Å². The Bertz CT molecular complexity index is 884. The van der Waals surface area contributed by atoms with E-state index in [2.05, 4.69) is 51.8 Å². The molecule has 3 heterocycles. The maximum atomic E-state index is 6.18. The summed E-state index contributed by atoms with van der Waals surface area (Å²) in [6, 6.07) is 12.8. The molecule has 1 aliphatic rings. The van der Waals surface area contributed by atoms with Gasteiger partial charge in [0.15, 0.2) is 0 Å². The molecule has 0 saturated carbocycles. The molecule has 1 saturated heterocycles. The molecule has 1 aromatic carbocycles. The van der Waals surface area contributed by atoms with Gasteiger partial charge in [-0.05, 0) is 43.0 Å². The Morgan fingerprint density at radius 1 is 1.25 bits per heavy atom. The smallest absolute Gasteiger partial charge is 0.133 e. The molecule has 122 valence electrons. The molecule has 0 unspecified atom stereocenters. The van der Waals surface area contributed by atoms with Crippen LogP contribution in [0.4, 0.5) is 11.6 Å². The summed E-state index contributed by atoms with van der Waals surface area (Å²) in [7, 11) is 0. The normalized spacial score (nSPS) is 17.3. The van der Waals surface area contributed by atoms with Crippen LogP contribution in [0.3, 0.4) is 0 Å². The summed E-state index contributed by atoms with van der Waals surface area (Å²) in [5, 5.41) is 8.79. The Balaban J connectivity index is 1.76. The standard InChI is InChI=1S/C19H21N5/c1-12-4-2-3-5-15(12)17-8-13-9-18(23-14-6-7-21-10-14)22-11-16(13)19(20)24-17/h2-5,8-9,11,14,21H,6-7,10H2,1H3,(H2,20,24)(H,22,23)/t14-/m1/s1. The van der Waals surface area contributed by atoms with Crippen molar-refractivity contribution in [1.82, 2.24) is 15.3 Å². The first-order chi connectivity index (χ1) is 11.7. The number of rotatable bonds is 3. The minimum Gasteiger partial charge on any atom is -0.383 e. The van der Waals surface area contributed by atoms with E-state index in [9.17, 15) is 0 Å². The average Bonchev–Trinajstić information content (AvgIpc) is 3.08. The zero-order valence-corrected chi connectivity index (χ0v) is 13.7. The quantitative estimate of drug-likeness (QED) is 0.692. The van der Waals surface area contributed by atoms with Crippen LogP contribution in [0.15, 0.2) is 42.6 Å². The lowest BCUT2D eigenvalue weighted by Crippen LogP contribution is -2.22. The number of anilines is 2. The molecule has 0 radical (unpaired) electrons. The van der Waals surface area contributed by atoms with Gasteiger partial charge in [0.25, 0.3) is 0 Å². The molecule has 5 heteroatoms. The third kappa shape index (κ3) is 2.78. The first-order valence-electron chi connectivity index (χ1n) is 8.30. The summed E-state index contributed by atoms with van der Waals surface area (Å²) >= 11 is 0. The first kappa shape index (κ1) is 14.9. The molecule has 1 fully saturated rings. The van der Waals surface area contributed by atoms with Crippen molar-refractivity contribution < 1.29 is 0 Å². The number of hydrogen-bond donors (Lipinski definition) is 3. The number of nitrogens with zero attached hydrogens (tertiary/aromatic N) is 2. The van der Waals surface area contributed by atoms with Crippen LogP contribution < -0.4 is 16.4 Å². The number of pyridine rings is 2. The monoisotopic (exact) mass is 319 g/mol. The zero-order valence-electron chi connectivity index (χ0n) is 13.7. The summed E-state index contributed by atoms with van der Waals surface area (Å²) in [4.78, 5) is 9.07. The van der Waals surface area contributed by atoms with E-state index in [1.165, 1.54) is 5.56 Å². The van der Waals surface area contributed by atoms with E-state index >= 15 is 0 Å². The second-order valence-corrected chi connectivity index (χ2v) is 6.33. The lowest BCUT2D eigenvalue weighted by atomic mass is 10.0. The zero-order chi connectivity index (χ0) is 16.5. The Kier molecular flexibility index (Phi) is 3.78. The van der Waals surface area contributed by atoms with Crippen molar-refractivity contribution in [1.29, 1.82) is 0 Å². The molecule has 4 rings (SSSR count). The Morgan fingerprint density at radius 2 is 2.12 bits per heavy atom.